The van der Waals surface area contributed by atoms with Gasteiger partial charge in [0, 0.05) is 23.7 Å². The molecule has 0 atom stereocenters. The van der Waals surface area contributed by atoms with Crippen LogP contribution in [0.25, 0.3) is 4.96 Å². The normalized spacial score (nSPS) is 10.8. The zero-order chi connectivity index (χ0) is 8.55. The van der Waals surface area contributed by atoms with Crippen LogP contribution in [0, 0.1) is 6.92 Å². The maximum absolute atomic E-state index is 10.3. The van der Waals surface area contributed by atoms with E-state index in [4.69, 9.17) is 0 Å². The highest BCUT2D eigenvalue weighted by molar-refractivity contribution is 7.15. The molecule has 12 heavy (non-hydrogen) atoms. The Kier molecular flexibility index (Phi) is 1.69. The molecule has 0 amide bonds. The predicted octanol–water partition coefficient (Wildman–Crippen LogP) is 1.45. The highest BCUT2D eigenvalue weighted by atomic mass is 32.1. The predicted molar refractivity (Wildman–Crippen MR) is 47.6 cm³/mol. The van der Waals surface area contributed by atoms with Crippen LogP contribution in [0.4, 0.5) is 0 Å². The summed E-state index contributed by atoms with van der Waals surface area (Å²) >= 11 is 1.57. The number of hydrogen-bond donors (Lipinski definition) is 0. The largest absolute Gasteiger partial charge is 0.303 e. The van der Waals surface area contributed by atoms with E-state index in [9.17, 15) is 4.79 Å². The molecule has 2 heterocycles. The summed E-state index contributed by atoms with van der Waals surface area (Å²) in [4.78, 5) is 15.5. The molecule has 0 aromatic carbocycles. The molecule has 0 saturated carbocycles. The van der Waals surface area contributed by atoms with Crippen molar-refractivity contribution >= 4 is 22.6 Å². The molecule has 2 aromatic rings. The van der Waals surface area contributed by atoms with Gasteiger partial charge in [-0.25, -0.2) is 4.98 Å². The molecular formula is C8H8N2OS. The Labute approximate surface area is 73.7 Å². The average Bonchev–Trinajstić information content (AvgIpc) is 2.52. The second-order valence-electron chi connectivity index (χ2n) is 2.63. The van der Waals surface area contributed by atoms with Gasteiger partial charge in [0.15, 0.2) is 4.96 Å². The van der Waals surface area contributed by atoms with Crippen molar-refractivity contribution in [2.24, 2.45) is 0 Å². The molecule has 0 N–H and O–H groups in total. The van der Waals surface area contributed by atoms with Gasteiger partial charge in [-0.1, -0.05) is 0 Å². The van der Waals surface area contributed by atoms with Crippen LogP contribution in [0.5, 0.6) is 0 Å². The van der Waals surface area contributed by atoms with Gasteiger partial charge in [-0.2, -0.15) is 0 Å². The van der Waals surface area contributed by atoms with E-state index in [0.717, 1.165) is 22.6 Å². The van der Waals surface area contributed by atoms with Gasteiger partial charge in [-0.05, 0) is 6.92 Å². The number of hydrogen-bond acceptors (Lipinski definition) is 3. The lowest BCUT2D eigenvalue weighted by molar-refractivity contribution is -0.107. The third-order valence-corrected chi connectivity index (χ3v) is 2.59. The summed E-state index contributed by atoms with van der Waals surface area (Å²) in [5, 5.41) is 1.97. The monoisotopic (exact) mass is 180 g/mol. The summed E-state index contributed by atoms with van der Waals surface area (Å²) in [6, 6.07) is 0. The van der Waals surface area contributed by atoms with E-state index < -0.39 is 0 Å². The summed E-state index contributed by atoms with van der Waals surface area (Å²) in [5.41, 5.74) is 2.01. The van der Waals surface area contributed by atoms with E-state index in [0.29, 0.717) is 6.42 Å². The number of rotatable bonds is 2. The van der Waals surface area contributed by atoms with Gasteiger partial charge >= 0.3 is 0 Å². The Balaban J connectivity index is 2.60. The molecule has 62 valence electrons. The van der Waals surface area contributed by atoms with Crippen molar-refractivity contribution in [3.8, 4) is 0 Å². The van der Waals surface area contributed by atoms with Gasteiger partial charge in [0.25, 0.3) is 0 Å². The van der Waals surface area contributed by atoms with Crippen LogP contribution < -0.4 is 0 Å². The van der Waals surface area contributed by atoms with Crippen LogP contribution in [0.1, 0.15) is 11.4 Å². The first-order chi connectivity index (χ1) is 5.81. The molecule has 4 heteroatoms. The minimum atomic E-state index is 0.468. The number of nitrogens with zero attached hydrogens (tertiary/aromatic N) is 2. The Morgan fingerprint density at radius 2 is 2.58 bits per heavy atom. The van der Waals surface area contributed by atoms with E-state index in [1.54, 1.807) is 11.3 Å². The van der Waals surface area contributed by atoms with Gasteiger partial charge in [-0.3, -0.25) is 4.40 Å². The summed E-state index contributed by atoms with van der Waals surface area (Å²) in [7, 11) is 0. The van der Waals surface area contributed by atoms with Gasteiger partial charge in [-0.15, -0.1) is 11.3 Å². The number of carbonyl (C=O) groups excluding carboxylic acids is 1. The molecule has 0 unspecified atom stereocenters. The first-order valence-electron chi connectivity index (χ1n) is 3.67. The topological polar surface area (TPSA) is 34.4 Å². The Morgan fingerprint density at radius 3 is 3.33 bits per heavy atom. The molecule has 0 radical (unpaired) electrons. The molecule has 0 fully saturated rings. The number of aryl methyl sites for hydroxylation is 1. The van der Waals surface area contributed by atoms with Crippen LogP contribution in [0.15, 0.2) is 11.6 Å². The van der Waals surface area contributed by atoms with Gasteiger partial charge in [0.1, 0.15) is 6.29 Å². The zero-order valence-corrected chi connectivity index (χ0v) is 7.47. The third kappa shape index (κ3) is 1.04. The number of imidazole rings is 1. The Bertz CT molecular complexity index is 416. The van der Waals surface area contributed by atoms with Crippen molar-refractivity contribution in [3.63, 3.8) is 0 Å². The number of aldehydes is 1. The minimum Gasteiger partial charge on any atom is -0.303 e. The summed E-state index contributed by atoms with van der Waals surface area (Å²) < 4.78 is 1.97. The lowest BCUT2D eigenvalue weighted by Crippen LogP contribution is -1.89. The number of fused-ring (bicyclic) bond motifs is 1. The maximum atomic E-state index is 10.3. The van der Waals surface area contributed by atoms with Crippen molar-refractivity contribution in [3.05, 3.63) is 23.0 Å². The van der Waals surface area contributed by atoms with Crippen LogP contribution >= 0.6 is 11.3 Å². The van der Waals surface area contributed by atoms with E-state index in [-0.39, 0.29) is 0 Å². The van der Waals surface area contributed by atoms with Crippen molar-refractivity contribution in [2.75, 3.05) is 0 Å². The molecule has 3 nitrogen and oxygen atoms in total. The third-order valence-electron chi connectivity index (χ3n) is 1.70. The summed E-state index contributed by atoms with van der Waals surface area (Å²) in [5.74, 6) is 0. The van der Waals surface area contributed by atoms with Crippen molar-refractivity contribution in [1.29, 1.82) is 0 Å². The van der Waals surface area contributed by atoms with E-state index in [1.165, 1.54) is 0 Å². The summed E-state index contributed by atoms with van der Waals surface area (Å²) in [6.07, 6.45) is 3.33. The minimum absolute atomic E-state index is 0.468. The molecule has 0 bridgehead atoms. The SMILES string of the molecule is Cc1cn2c(CC=O)csc2n1. The highest BCUT2D eigenvalue weighted by Crippen LogP contribution is 2.15. The number of thiazole rings is 1. The maximum Gasteiger partial charge on any atom is 0.194 e. The van der Waals surface area contributed by atoms with E-state index in [1.807, 2.05) is 22.9 Å². The van der Waals surface area contributed by atoms with Crippen molar-refractivity contribution in [2.45, 2.75) is 13.3 Å². The average molecular weight is 180 g/mol. The van der Waals surface area contributed by atoms with Gasteiger partial charge in [0.05, 0.1) is 5.69 Å². The highest BCUT2D eigenvalue weighted by Gasteiger charge is 2.04. The molecule has 0 saturated heterocycles. The lowest BCUT2D eigenvalue weighted by atomic mass is 10.4. The molecular weight excluding hydrogens is 172 g/mol. The fourth-order valence-corrected chi connectivity index (χ4v) is 2.11. The van der Waals surface area contributed by atoms with E-state index in [2.05, 4.69) is 4.98 Å². The van der Waals surface area contributed by atoms with E-state index >= 15 is 0 Å². The van der Waals surface area contributed by atoms with Gasteiger partial charge in [0.2, 0.25) is 0 Å². The molecule has 0 aliphatic carbocycles. The molecule has 0 aliphatic rings. The zero-order valence-electron chi connectivity index (χ0n) is 6.65. The first kappa shape index (κ1) is 7.49. The van der Waals surface area contributed by atoms with Crippen LogP contribution in [0.2, 0.25) is 0 Å². The number of aromatic nitrogens is 2. The fraction of sp³-hybridized carbons (Fsp3) is 0.250. The van der Waals surface area contributed by atoms with Crippen LogP contribution in [-0.4, -0.2) is 15.7 Å². The summed E-state index contributed by atoms with van der Waals surface area (Å²) in [6.45, 7) is 1.95. The standard InChI is InChI=1S/C8H8N2OS/c1-6-4-10-7(2-3-11)5-12-8(10)9-6/h3-5H,2H2,1H3. The number of carbonyl (C=O) groups is 1. The second kappa shape index (κ2) is 2.71. The van der Waals surface area contributed by atoms with Crippen molar-refractivity contribution < 1.29 is 4.79 Å². The molecule has 0 spiro atoms. The van der Waals surface area contributed by atoms with Crippen LogP contribution in [-0.2, 0) is 11.2 Å². The smallest absolute Gasteiger partial charge is 0.194 e. The fourth-order valence-electron chi connectivity index (χ4n) is 1.17. The molecule has 2 aromatic heterocycles. The van der Waals surface area contributed by atoms with Crippen molar-refractivity contribution in [1.82, 2.24) is 9.38 Å². The van der Waals surface area contributed by atoms with Gasteiger partial charge < -0.3 is 4.79 Å². The molecule has 0 aliphatic heterocycles. The van der Waals surface area contributed by atoms with Crippen LogP contribution in [0.3, 0.4) is 0 Å². The second-order valence-corrected chi connectivity index (χ2v) is 3.47. The first-order valence-corrected chi connectivity index (χ1v) is 4.55. The Morgan fingerprint density at radius 1 is 1.75 bits per heavy atom. The lowest BCUT2D eigenvalue weighted by Gasteiger charge is -1.88. The Hall–Kier alpha value is -1.16. The quantitative estimate of drug-likeness (QED) is 0.655. The molecule has 2 rings (SSSR count).